The molecule has 1 heterocycles. The number of fused-ring (bicyclic) bond motifs is 1. The van der Waals surface area contributed by atoms with Gasteiger partial charge in [-0.2, -0.15) is 4.39 Å². The molecule has 0 aliphatic heterocycles. The molecule has 1 aromatic carbocycles. The number of hydrogen-bond donors (Lipinski definition) is 0. The third-order valence-electron chi connectivity index (χ3n) is 2.45. The molecule has 0 radical (unpaired) electrons. The Hall–Kier alpha value is -2.24. The van der Waals surface area contributed by atoms with E-state index in [9.17, 15) is 18.5 Å². The van der Waals surface area contributed by atoms with Crippen molar-refractivity contribution in [2.24, 2.45) is 0 Å². The molecular weight excluding hydrogens is 244 g/mol. The molecule has 0 saturated heterocycles. The summed E-state index contributed by atoms with van der Waals surface area (Å²) in [7, 11) is 0. The summed E-state index contributed by atoms with van der Waals surface area (Å²) in [6, 6.07) is 5.52. The molecule has 0 N–H and O–H groups in total. The molecule has 18 heavy (non-hydrogen) atoms. The number of carbonyl (C=O) groups excluding carboxylic acids is 1. The van der Waals surface area contributed by atoms with Crippen molar-refractivity contribution in [2.45, 2.75) is 6.92 Å². The molecule has 0 bridgehead atoms. The van der Waals surface area contributed by atoms with Crippen LogP contribution < -0.4 is 5.43 Å². The summed E-state index contributed by atoms with van der Waals surface area (Å²) in [6.07, 6.45) is 0. The van der Waals surface area contributed by atoms with E-state index in [1.165, 1.54) is 31.2 Å². The first-order valence-corrected chi connectivity index (χ1v) is 5.24. The maximum atomic E-state index is 13.7. The Morgan fingerprint density at radius 2 is 2.06 bits per heavy atom. The second-order valence-electron chi connectivity index (χ2n) is 3.51. The van der Waals surface area contributed by atoms with Gasteiger partial charge >= 0.3 is 5.97 Å². The number of para-hydroxylation sites is 1. The zero-order valence-electron chi connectivity index (χ0n) is 9.44. The number of carbonyl (C=O) groups is 1. The molecule has 4 nitrogen and oxygen atoms in total. The van der Waals surface area contributed by atoms with E-state index in [1.807, 2.05) is 0 Å². The van der Waals surface area contributed by atoms with Crippen molar-refractivity contribution in [2.75, 3.05) is 6.61 Å². The van der Waals surface area contributed by atoms with E-state index in [0.717, 1.165) is 0 Å². The summed E-state index contributed by atoms with van der Waals surface area (Å²) in [5, 5.41) is -0.0792. The summed E-state index contributed by atoms with van der Waals surface area (Å²) in [6.45, 7) is 1.47. The highest BCUT2D eigenvalue weighted by Gasteiger charge is 2.23. The molecular formula is C12H9F2NO3. The largest absolute Gasteiger partial charge is 0.462 e. The van der Waals surface area contributed by atoms with Crippen LogP contribution in [-0.2, 0) is 4.74 Å². The van der Waals surface area contributed by atoms with Crippen molar-refractivity contribution in [1.29, 1.82) is 0 Å². The van der Waals surface area contributed by atoms with Crippen LogP contribution >= 0.6 is 0 Å². The van der Waals surface area contributed by atoms with Gasteiger partial charge in [-0.3, -0.25) is 4.79 Å². The zero-order valence-corrected chi connectivity index (χ0v) is 9.44. The third kappa shape index (κ3) is 1.75. The lowest BCUT2D eigenvalue weighted by Gasteiger charge is -2.07. The Bertz CT molecular complexity index is 679. The van der Waals surface area contributed by atoms with Gasteiger partial charge in [-0.1, -0.05) is 16.6 Å². The number of pyridine rings is 1. The van der Waals surface area contributed by atoms with Crippen LogP contribution in [0.15, 0.2) is 29.1 Å². The highest BCUT2D eigenvalue weighted by atomic mass is 19.2. The van der Waals surface area contributed by atoms with E-state index in [4.69, 9.17) is 0 Å². The minimum absolute atomic E-state index is 0.0309. The smallest absolute Gasteiger partial charge is 0.346 e. The van der Waals surface area contributed by atoms with Gasteiger partial charge < -0.3 is 4.74 Å². The third-order valence-corrected chi connectivity index (χ3v) is 2.45. The van der Waals surface area contributed by atoms with E-state index < -0.39 is 22.9 Å². The minimum Gasteiger partial charge on any atom is -0.462 e. The van der Waals surface area contributed by atoms with Crippen LogP contribution in [-0.4, -0.2) is 17.4 Å². The summed E-state index contributed by atoms with van der Waals surface area (Å²) < 4.78 is 31.8. The maximum absolute atomic E-state index is 13.7. The highest BCUT2D eigenvalue weighted by molar-refractivity contribution is 5.93. The number of halogens is 2. The van der Waals surface area contributed by atoms with Gasteiger partial charge in [0.2, 0.25) is 11.4 Å². The van der Waals surface area contributed by atoms with Gasteiger partial charge in [0.1, 0.15) is 0 Å². The standard InChI is InChI=1S/C12H9F2NO3/c1-2-18-12(17)9-10(16)7-5-3-4-6-8(7)15(14)11(9)13/h3-6H,2H2,1H3. The predicted octanol–water partition coefficient (Wildman–Crippen LogP) is 2.05. The van der Waals surface area contributed by atoms with Crippen molar-refractivity contribution in [3.63, 3.8) is 0 Å². The molecule has 0 saturated carbocycles. The Labute approximate surface area is 100 Å². The zero-order chi connectivity index (χ0) is 13.3. The van der Waals surface area contributed by atoms with E-state index in [2.05, 4.69) is 4.74 Å². The molecule has 2 rings (SSSR count). The molecule has 0 atom stereocenters. The minimum atomic E-state index is -1.54. The highest BCUT2D eigenvalue weighted by Crippen LogP contribution is 2.15. The lowest BCUT2D eigenvalue weighted by atomic mass is 10.1. The van der Waals surface area contributed by atoms with E-state index in [1.54, 1.807) is 0 Å². The monoisotopic (exact) mass is 253 g/mol. The van der Waals surface area contributed by atoms with Gasteiger partial charge in [-0.05, 0) is 19.1 Å². The Balaban J connectivity index is 2.83. The Morgan fingerprint density at radius 1 is 1.39 bits per heavy atom. The first kappa shape index (κ1) is 12.2. The van der Waals surface area contributed by atoms with Crippen LogP contribution in [0.25, 0.3) is 10.9 Å². The van der Waals surface area contributed by atoms with Gasteiger partial charge in [0.05, 0.1) is 12.1 Å². The number of ether oxygens (including phenoxy) is 1. The molecule has 1 aromatic heterocycles. The SMILES string of the molecule is CCOC(=O)c1c(F)n(F)c2ccccc2c1=O. The van der Waals surface area contributed by atoms with Crippen molar-refractivity contribution >= 4 is 16.9 Å². The van der Waals surface area contributed by atoms with Gasteiger partial charge in [-0.15, -0.1) is 4.79 Å². The molecule has 0 unspecified atom stereocenters. The van der Waals surface area contributed by atoms with Crippen molar-refractivity contribution in [3.8, 4) is 0 Å². The predicted molar refractivity (Wildman–Crippen MR) is 60.6 cm³/mol. The number of hydrogen-bond acceptors (Lipinski definition) is 3. The second kappa shape index (κ2) is 4.56. The van der Waals surface area contributed by atoms with Crippen LogP contribution in [0.5, 0.6) is 0 Å². The average molecular weight is 253 g/mol. The quantitative estimate of drug-likeness (QED) is 0.608. The molecule has 0 aliphatic rings. The number of benzene rings is 1. The van der Waals surface area contributed by atoms with E-state index in [0.29, 0.717) is 0 Å². The van der Waals surface area contributed by atoms with Crippen molar-refractivity contribution in [1.82, 2.24) is 4.79 Å². The number of aromatic nitrogens is 1. The fraction of sp³-hybridized carbons (Fsp3) is 0.167. The van der Waals surface area contributed by atoms with Crippen LogP contribution in [0.3, 0.4) is 0 Å². The normalized spacial score (nSPS) is 10.6. The van der Waals surface area contributed by atoms with E-state index >= 15 is 0 Å². The van der Waals surface area contributed by atoms with Crippen LogP contribution in [0.4, 0.5) is 8.87 Å². The van der Waals surface area contributed by atoms with Crippen LogP contribution in [0, 0.1) is 5.95 Å². The summed E-state index contributed by atoms with van der Waals surface area (Å²) >= 11 is 0. The summed E-state index contributed by atoms with van der Waals surface area (Å²) in [5.74, 6) is -2.71. The summed E-state index contributed by atoms with van der Waals surface area (Å²) in [5.41, 5.74) is -2.03. The molecule has 0 amide bonds. The topological polar surface area (TPSA) is 48.3 Å². The summed E-state index contributed by atoms with van der Waals surface area (Å²) in [4.78, 5) is 23.0. The van der Waals surface area contributed by atoms with Gasteiger partial charge in [0, 0.05) is 5.39 Å². The first-order chi connectivity index (χ1) is 8.57. The first-order valence-electron chi connectivity index (χ1n) is 5.24. The fourth-order valence-corrected chi connectivity index (χ4v) is 1.65. The van der Waals surface area contributed by atoms with Gasteiger partial charge in [0.25, 0.3) is 0 Å². The Morgan fingerprint density at radius 3 is 2.72 bits per heavy atom. The molecule has 0 fully saturated rings. The molecule has 0 spiro atoms. The lowest BCUT2D eigenvalue weighted by molar-refractivity contribution is 0.0514. The van der Waals surface area contributed by atoms with Crippen molar-refractivity contribution < 1.29 is 18.4 Å². The molecule has 94 valence electrons. The van der Waals surface area contributed by atoms with Crippen LogP contribution in [0.1, 0.15) is 17.3 Å². The van der Waals surface area contributed by atoms with Gasteiger partial charge in [0.15, 0.2) is 5.56 Å². The average Bonchev–Trinajstić information content (AvgIpc) is 2.37. The van der Waals surface area contributed by atoms with Crippen LogP contribution in [0.2, 0.25) is 0 Å². The fourth-order valence-electron chi connectivity index (χ4n) is 1.65. The lowest BCUT2D eigenvalue weighted by Crippen LogP contribution is -2.23. The number of esters is 1. The maximum Gasteiger partial charge on any atom is 0.346 e. The van der Waals surface area contributed by atoms with E-state index in [-0.39, 0.29) is 22.3 Å². The molecule has 0 aliphatic carbocycles. The van der Waals surface area contributed by atoms with Crippen molar-refractivity contribution in [3.05, 3.63) is 46.0 Å². The molecule has 2 aromatic rings. The van der Waals surface area contributed by atoms with Gasteiger partial charge in [-0.25, -0.2) is 4.79 Å². The second-order valence-corrected chi connectivity index (χ2v) is 3.51. The number of nitrogens with zero attached hydrogens (tertiary/aromatic N) is 1. The Kier molecular flexibility index (Phi) is 3.10. The number of rotatable bonds is 2. The molecule has 6 heteroatoms.